The van der Waals surface area contributed by atoms with Crippen LogP contribution in [-0.2, 0) is 9.53 Å². The molecule has 1 unspecified atom stereocenters. The molecule has 5 nitrogen and oxygen atoms in total. The first-order valence-electron chi connectivity index (χ1n) is 4.98. The van der Waals surface area contributed by atoms with Crippen molar-refractivity contribution in [2.45, 2.75) is 52.2 Å². The van der Waals surface area contributed by atoms with Crippen LogP contribution in [0.3, 0.4) is 0 Å². The largest absolute Gasteiger partial charge is 0.444 e. The summed E-state index contributed by atoms with van der Waals surface area (Å²) >= 11 is 0. The molecule has 15 heavy (non-hydrogen) atoms. The van der Waals surface area contributed by atoms with Crippen LogP contribution in [0.5, 0.6) is 0 Å². The normalized spacial score (nSPS) is 13.1. The van der Waals surface area contributed by atoms with E-state index in [0.29, 0.717) is 6.42 Å². The molecule has 2 amide bonds. The maximum Gasteiger partial charge on any atom is 0.407 e. The number of carbonyl (C=O) groups excluding carboxylic acids is 2. The first kappa shape index (κ1) is 13.7. The predicted molar refractivity (Wildman–Crippen MR) is 57.3 cm³/mol. The average molecular weight is 216 g/mol. The van der Waals surface area contributed by atoms with Gasteiger partial charge in [0.2, 0.25) is 5.91 Å². The van der Waals surface area contributed by atoms with Crippen molar-refractivity contribution in [2.75, 3.05) is 0 Å². The third-order valence-electron chi connectivity index (χ3n) is 1.59. The van der Waals surface area contributed by atoms with Gasteiger partial charge in [-0.15, -0.1) is 0 Å². The zero-order valence-corrected chi connectivity index (χ0v) is 9.79. The second-order valence-corrected chi connectivity index (χ2v) is 4.55. The van der Waals surface area contributed by atoms with Gasteiger partial charge in [-0.2, -0.15) is 0 Å². The van der Waals surface area contributed by atoms with Crippen LogP contribution in [0.15, 0.2) is 0 Å². The lowest BCUT2D eigenvalue weighted by Crippen LogP contribution is -2.38. The Balaban J connectivity index is 3.81. The summed E-state index contributed by atoms with van der Waals surface area (Å²) in [6, 6.07) is -0.118. The van der Waals surface area contributed by atoms with Crippen LogP contribution in [-0.4, -0.2) is 23.6 Å². The highest BCUT2D eigenvalue weighted by Crippen LogP contribution is 2.07. The van der Waals surface area contributed by atoms with E-state index < -0.39 is 11.7 Å². The van der Waals surface area contributed by atoms with E-state index in [1.165, 1.54) is 0 Å². The van der Waals surface area contributed by atoms with Crippen LogP contribution >= 0.6 is 0 Å². The Morgan fingerprint density at radius 2 is 1.93 bits per heavy atom. The molecule has 0 heterocycles. The van der Waals surface area contributed by atoms with Gasteiger partial charge < -0.3 is 15.8 Å². The topological polar surface area (TPSA) is 81.4 Å². The number of nitrogens with two attached hydrogens (primary N) is 1. The molecule has 0 saturated heterocycles. The molecule has 1 atom stereocenters. The van der Waals surface area contributed by atoms with Crippen molar-refractivity contribution < 1.29 is 14.3 Å². The minimum absolute atomic E-state index is 0.118. The second kappa shape index (κ2) is 5.58. The summed E-state index contributed by atoms with van der Waals surface area (Å²) in [4.78, 5) is 21.8. The summed E-state index contributed by atoms with van der Waals surface area (Å²) in [6.45, 7) is 7.18. The molecular formula is C10H20N2O3. The molecule has 0 aromatic heterocycles. The van der Waals surface area contributed by atoms with Crippen LogP contribution in [0.1, 0.15) is 40.5 Å². The predicted octanol–water partition coefficient (Wildman–Crippen LogP) is 1.17. The van der Waals surface area contributed by atoms with E-state index in [2.05, 4.69) is 5.32 Å². The van der Waals surface area contributed by atoms with Gasteiger partial charge in [0.25, 0.3) is 0 Å². The molecule has 0 aromatic carbocycles. The molecule has 0 rings (SSSR count). The van der Waals surface area contributed by atoms with Crippen LogP contribution in [0.2, 0.25) is 0 Å². The van der Waals surface area contributed by atoms with Crippen molar-refractivity contribution >= 4 is 12.0 Å². The molecule has 3 N–H and O–H groups in total. The molecule has 5 heteroatoms. The Morgan fingerprint density at radius 3 is 2.33 bits per heavy atom. The first-order chi connectivity index (χ1) is 6.70. The molecule has 0 fully saturated rings. The Morgan fingerprint density at radius 1 is 1.40 bits per heavy atom. The highest BCUT2D eigenvalue weighted by molar-refractivity contribution is 5.74. The second-order valence-electron chi connectivity index (χ2n) is 4.55. The smallest absolute Gasteiger partial charge is 0.407 e. The number of ether oxygens (including phenoxy) is 1. The van der Waals surface area contributed by atoms with E-state index in [9.17, 15) is 9.59 Å². The maximum atomic E-state index is 11.3. The van der Waals surface area contributed by atoms with Gasteiger partial charge in [-0.05, 0) is 34.1 Å². The van der Waals surface area contributed by atoms with Gasteiger partial charge in [0.05, 0.1) is 0 Å². The zero-order valence-electron chi connectivity index (χ0n) is 9.79. The Kier molecular flexibility index (Phi) is 5.11. The Bertz CT molecular complexity index is 233. The fraction of sp³-hybridized carbons (Fsp3) is 0.800. The summed E-state index contributed by atoms with van der Waals surface area (Å²) < 4.78 is 5.05. The van der Waals surface area contributed by atoms with Crippen molar-refractivity contribution in [3.05, 3.63) is 0 Å². The molecule has 0 aliphatic carbocycles. The number of hydrogen-bond donors (Lipinski definition) is 2. The molecule has 0 radical (unpaired) electrons. The number of nitrogens with one attached hydrogen (secondary N) is 1. The summed E-state index contributed by atoms with van der Waals surface area (Å²) in [6.07, 6.45) is 0.311. The minimum atomic E-state index is -0.506. The molecule has 0 aliphatic heterocycles. The van der Waals surface area contributed by atoms with Crippen molar-refractivity contribution in [2.24, 2.45) is 5.73 Å². The molecular weight excluding hydrogens is 196 g/mol. The average Bonchev–Trinajstić information content (AvgIpc) is 1.96. The van der Waals surface area contributed by atoms with Gasteiger partial charge in [-0.1, -0.05) is 0 Å². The molecule has 0 saturated carbocycles. The molecule has 0 spiro atoms. The van der Waals surface area contributed by atoms with Gasteiger partial charge in [-0.25, -0.2) is 4.79 Å². The van der Waals surface area contributed by atoms with Crippen LogP contribution in [0, 0.1) is 0 Å². The first-order valence-corrected chi connectivity index (χ1v) is 4.98. The van der Waals surface area contributed by atoms with Crippen LogP contribution in [0.4, 0.5) is 4.79 Å². The number of rotatable bonds is 4. The van der Waals surface area contributed by atoms with E-state index in [0.717, 1.165) is 0 Å². The lowest BCUT2D eigenvalue weighted by Gasteiger charge is -2.21. The third-order valence-corrected chi connectivity index (χ3v) is 1.59. The highest BCUT2D eigenvalue weighted by Gasteiger charge is 2.17. The zero-order chi connectivity index (χ0) is 12.1. The summed E-state index contributed by atoms with van der Waals surface area (Å²) in [7, 11) is 0. The van der Waals surface area contributed by atoms with Gasteiger partial charge in [-0.3, -0.25) is 4.79 Å². The number of primary amides is 1. The summed E-state index contributed by atoms with van der Waals surface area (Å²) in [5.74, 6) is -0.368. The number of alkyl carbamates (subject to hydrolysis) is 1. The summed E-state index contributed by atoms with van der Waals surface area (Å²) in [5, 5.41) is 2.62. The molecule has 0 aromatic rings. The Labute approximate surface area is 90.4 Å². The number of amides is 2. The third kappa shape index (κ3) is 9.05. The number of hydrogen-bond acceptors (Lipinski definition) is 3. The van der Waals surface area contributed by atoms with Crippen molar-refractivity contribution in [1.29, 1.82) is 0 Å². The van der Waals surface area contributed by atoms with E-state index >= 15 is 0 Å². The minimum Gasteiger partial charge on any atom is -0.444 e. The Hall–Kier alpha value is -1.26. The molecule has 88 valence electrons. The van der Waals surface area contributed by atoms with Crippen molar-refractivity contribution in [1.82, 2.24) is 5.32 Å². The monoisotopic (exact) mass is 216 g/mol. The highest BCUT2D eigenvalue weighted by atomic mass is 16.6. The maximum absolute atomic E-state index is 11.3. The van der Waals surface area contributed by atoms with E-state index in [-0.39, 0.29) is 18.4 Å². The van der Waals surface area contributed by atoms with E-state index in [1.807, 2.05) is 0 Å². The van der Waals surface area contributed by atoms with Gasteiger partial charge in [0, 0.05) is 12.5 Å². The van der Waals surface area contributed by atoms with Crippen LogP contribution in [0.25, 0.3) is 0 Å². The fourth-order valence-corrected chi connectivity index (χ4v) is 0.940. The molecule has 0 aliphatic rings. The quantitative estimate of drug-likeness (QED) is 0.740. The van der Waals surface area contributed by atoms with Gasteiger partial charge >= 0.3 is 6.09 Å². The lowest BCUT2D eigenvalue weighted by atomic mass is 10.2. The molecule has 0 bridgehead atoms. The van der Waals surface area contributed by atoms with E-state index in [4.69, 9.17) is 10.5 Å². The number of carbonyl (C=O) groups is 2. The SMILES string of the molecule is CC(CCC(N)=O)NC(=O)OC(C)(C)C. The van der Waals surface area contributed by atoms with Gasteiger partial charge in [0.15, 0.2) is 0 Å². The van der Waals surface area contributed by atoms with Crippen molar-refractivity contribution in [3.8, 4) is 0 Å². The summed E-state index contributed by atoms with van der Waals surface area (Å²) in [5.41, 5.74) is 4.48. The van der Waals surface area contributed by atoms with Crippen molar-refractivity contribution in [3.63, 3.8) is 0 Å². The lowest BCUT2D eigenvalue weighted by molar-refractivity contribution is -0.118. The van der Waals surface area contributed by atoms with E-state index in [1.54, 1.807) is 27.7 Å². The standard InChI is InChI=1S/C10H20N2O3/c1-7(5-6-8(11)13)12-9(14)15-10(2,3)4/h7H,5-6H2,1-4H3,(H2,11,13)(H,12,14). The fourth-order valence-electron chi connectivity index (χ4n) is 0.940. The van der Waals surface area contributed by atoms with Crippen LogP contribution < -0.4 is 11.1 Å². The van der Waals surface area contributed by atoms with Gasteiger partial charge in [0.1, 0.15) is 5.60 Å².